The monoisotopic (exact) mass is 280 g/mol. The van der Waals surface area contributed by atoms with Crippen LogP contribution in [-0.4, -0.2) is 35.3 Å². The zero-order valence-corrected chi connectivity index (χ0v) is 13.1. The lowest BCUT2D eigenvalue weighted by Crippen LogP contribution is -2.58. The van der Waals surface area contributed by atoms with Crippen LogP contribution in [0.25, 0.3) is 0 Å². The molecule has 0 aromatic rings. The van der Waals surface area contributed by atoms with E-state index in [1.165, 1.54) is 6.42 Å². The molecule has 2 fully saturated rings. The highest BCUT2D eigenvalue weighted by Crippen LogP contribution is 2.33. The molecule has 1 saturated heterocycles. The molecule has 4 nitrogen and oxygen atoms in total. The minimum atomic E-state index is -0.602. The Morgan fingerprint density at radius 1 is 1.20 bits per heavy atom. The SMILES string of the molecule is CCC(C)(C)CN1CCC(=O)NC2(CCCCC2)C1=O. The number of hydrogen-bond donors (Lipinski definition) is 1. The number of carbonyl (C=O) groups is 2. The summed E-state index contributed by atoms with van der Waals surface area (Å²) in [5, 5.41) is 3.05. The summed E-state index contributed by atoms with van der Waals surface area (Å²) in [6.07, 6.45) is 6.33. The van der Waals surface area contributed by atoms with E-state index >= 15 is 0 Å². The minimum absolute atomic E-state index is 0.0389. The molecule has 1 aliphatic carbocycles. The lowest BCUT2D eigenvalue weighted by molar-refractivity contribution is -0.141. The van der Waals surface area contributed by atoms with Crippen molar-refractivity contribution >= 4 is 11.8 Å². The van der Waals surface area contributed by atoms with Gasteiger partial charge in [-0.25, -0.2) is 0 Å². The number of nitrogens with zero attached hydrogens (tertiary/aromatic N) is 1. The van der Waals surface area contributed by atoms with Crippen molar-refractivity contribution in [2.24, 2.45) is 5.41 Å². The third-order valence-corrected chi connectivity index (χ3v) is 4.97. The smallest absolute Gasteiger partial charge is 0.248 e. The van der Waals surface area contributed by atoms with Crippen LogP contribution in [0.4, 0.5) is 0 Å². The van der Waals surface area contributed by atoms with Crippen LogP contribution in [-0.2, 0) is 9.59 Å². The molecule has 2 rings (SSSR count). The van der Waals surface area contributed by atoms with Crippen molar-refractivity contribution < 1.29 is 9.59 Å². The fourth-order valence-electron chi connectivity index (χ4n) is 3.30. The molecule has 1 N–H and O–H groups in total. The van der Waals surface area contributed by atoms with E-state index < -0.39 is 5.54 Å². The maximum absolute atomic E-state index is 13.0. The minimum Gasteiger partial charge on any atom is -0.342 e. The predicted molar refractivity (Wildman–Crippen MR) is 79.2 cm³/mol. The second kappa shape index (κ2) is 5.74. The molecule has 114 valence electrons. The van der Waals surface area contributed by atoms with E-state index in [0.29, 0.717) is 13.0 Å². The van der Waals surface area contributed by atoms with Gasteiger partial charge in [-0.05, 0) is 24.7 Å². The zero-order chi connectivity index (χ0) is 14.8. The summed E-state index contributed by atoms with van der Waals surface area (Å²) >= 11 is 0. The van der Waals surface area contributed by atoms with E-state index in [1.807, 2.05) is 4.90 Å². The topological polar surface area (TPSA) is 49.4 Å². The number of nitrogens with one attached hydrogen (secondary N) is 1. The van der Waals surface area contributed by atoms with Crippen molar-refractivity contribution in [3.63, 3.8) is 0 Å². The summed E-state index contributed by atoms with van der Waals surface area (Å²) in [4.78, 5) is 26.9. The van der Waals surface area contributed by atoms with Crippen LogP contribution >= 0.6 is 0 Å². The van der Waals surface area contributed by atoms with Crippen LogP contribution in [0, 0.1) is 5.41 Å². The van der Waals surface area contributed by atoms with Gasteiger partial charge in [0.15, 0.2) is 0 Å². The van der Waals surface area contributed by atoms with Gasteiger partial charge >= 0.3 is 0 Å². The molecule has 0 unspecified atom stereocenters. The lowest BCUT2D eigenvalue weighted by atomic mass is 9.80. The van der Waals surface area contributed by atoms with Crippen LogP contribution in [0.1, 0.15) is 65.7 Å². The zero-order valence-electron chi connectivity index (χ0n) is 13.1. The Labute approximate surface area is 122 Å². The van der Waals surface area contributed by atoms with Gasteiger partial charge in [-0.15, -0.1) is 0 Å². The molecule has 20 heavy (non-hydrogen) atoms. The molecule has 1 aliphatic heterocycles. The van der Waals surface area contributed by atoms with E-state index in [-0.39, 0.29) is 17.2 Å². The number of hydrogen-bond acceptors (Lipinski definition) is 2. The van der Waals surface area contributed by atoms with Crippen LogP contribution in [0.2, 0.25) is 0 Å². The predicted octanol–water partition coefficient (Wildman–Crippen LogP) is 2.47. The molecule has 0 radical (unpaired) electrons. The molecule has 2 aliphatic rings. The Hall–Kier alpha value is -1.06. The average molecular weight is 280 g/mol. The first-order valence-corrected chi connectivity index (χ1v) is 7.99. The highest BCUT2D eigenvalue weighted by atomic mass is 16.2. The van der Waals surface area contributed by atoms with Crippen LogP contribution in [0.3, 0.4) is 0 Å². The van der Waals surface area contributed by atoms with Gasteiger partial charge in [-0.1, -0.05) is 40.0 Å². The first-order chi connectivity index (χ1) is 9.38. The van der Waals surface area contributed by atoms with Gasteiger partial charge < -0.3 is 10.2 Å². The molecular weight excluding hydrogens is 252 g/mol. The van der Waals surface area contributed by atoms with Gasteiger partial charge in [0.25, 0.3) is 0 Å². The molecule has 4 heteroatoms. The Bertz CT molecular complexity index is 384. The summed E-state index contributed by atoms with van der Waals surface area (Å²) in [6, 6.07) is 0. The normalized spacial score (nSPS) is 23.6. The Balaban J connectivity index is 2.20. The summed E-state index contributed by atoms with van der Waals surface area (Å²) < 4.78 is 0. The highest BCUT2D eigenvalue weighted by Gasteiger charge is 2.45. The molecule has 0 aromatic heterocycles. The molecule has 0 bridgehead atoms. The summed E-state index contributed by atoms with van der Waals surface area (Å²) in [5.41, 5.74) is -0.492. The van der Waals surface area contributed by atoms with E-state index in [2.05, 4.69) is 26.1 Å². The van der Waals surface area contributed by atoms with Crippen molar-refractivity contribution in [3.05, 3.63) is 0 Å². The van der Waals surface area contributed by atoms with Crippen molar-refractivity contribution in [1.82, 2.24) is 10.2 Å². The van der Waals surface area contributed by atoms with Crippen LogP contribution < -0.4 is 5.32 Å². The molecule has 0 atom stereocenters. The summed E-state index contributed by atoms with van der Waals surface area (Å²) in [7, 11) is 0. The third kappa shape index (κ3) is 3.15. The highest BCUT2D eigenvalue weighted by molar-refractivity contribution is 5.93. The number of amides is 2. The first-order valence-electron chi connectivity index (χ1n) is 7.99. The van der Waals surface area contributed by atoms with Gasteiger partial charge in [0.05, 0.1) is 0 Å². The van der Waals surface area contributed by atoms with Gasteiger partial charge in [-0.2, -0.15) is 0 Å². The Morgan fingerprint density at radius 3 is 2.45 bits per heavy atom. The molecular formula is C16H28N2O2. The lowest BCUT2D eigenvalue weighted by Gasteiger charge is -2.40. The van der Waals surface area contributed by atoms with Crippen LogP contribution in [0.5, 0.6) is 0 Å². The summed E-state index contributed by atoms with van der Waals surface area (Å²) in [5.74, 6) is 0.196. The van der Waals surface area contributed by atoms with Crippen molar-refractivity contribution in [3.8, 4) is 0 Å². The van der Waals surface area contributed by atoms with E-state index in [1.54, 1.807) is 0 Å². The standard InChI is InChI=1S/C16H28N2O2/c1-4-15(2,3)12-18-11-8-13(19)17-16(14(18)20)9-6-5-7-10-16/h4-12H2,1-3H3,(H,17,19). The van der Waals surface area contributed by atoms with Gasteiger partial charge in [-0.3, -0.25) is 9.59 Å². The van der Waals surface area contributed by atoms with Crippen molar-refractivity contribution in [2.45, 2.75) is 71.3 Å². The quantitative estimate of drug-likeness (QED) is 0.863. The Morgan fingerprint density at radius 2 is 1.85 bits per heavy atom. The van der Waals surface area contributed by atoms with Gasteiger partial charge in [0.2, 0.25) is 11.8 Å². The van der Waals surface area contributed by atoms with E-state index in [9.17, 15) is 9.59 Å². The maximum Gasteiger partial charge on any atom is 0.248 e. The fourth-order valence-corrected chi connectivity index (χ4v) is 3.30. The maximum atomic E-state index is 13.0. The fraction of sp³-hybridized carbons (Fsp3) is 0.875. The molecule has 2 amide bonds. The Kier molecular flexibility index (Phi) is 4.40. The summed E-state index contributed by atoms with van der Waals surface area (Å²) in [6.45, 7) is 7.85. The van der Waals surface area contributed by atoms with Crippen LogP contribution in [0.15, 0.2) is 0 Å². The van der Waals surface area contributed by atoms with Crippen molar-refractivity contribution in [1.29, 1.82) is 0 Å². The van der Waals surface area contributed by atoms with Crippen molar-refractivity contribution in [2.75, 3.05) is 13.1 Å². The van der Waals surface area contributed by atoms with Gasteiger partial charge in [0.1, 0.15) is 5.54 Å². The van der Waals surface area contributed by atoms with E-state index in [0.717, 1.165) is 38.6 Å². The molecule has 1 heterocycles. The molecule has 0 aromatic carbocycles. The second-order valence-corrected chi connectivity index (χ2v) is 7.19. The van der Waals surface area contributed by atoms with Gasteiger partial charge in [0, 0.05) is 19.5 Å². The first kappa shape index (κ1) is 15.3. The number of rotatable bonds is 3. The number of carbonyl (C=O) groups excluding carboxylic acids is 2. The molecule has 1 spiro atoms. The van der Waals surface area contributed by atoms with E-state index in [4.69, 9.17) is 0 Å². The molecule has 1 saturated carbocycles. The average Bonchev–Trinajstić information content (AvgIpc) is 2.52. The largest absolute Gasteiger partial charge is 0.342 e. The second-order valence-electron chi connectivity index (χ2n) is 7.19. The third-order valence-electron chi connectivity index (χ3n) is 4.97.